The molecule has 24 heavy (non-hydrogen) atoms. The van der Waals surface area contributed by atoms with Gasteiger partial charge in [-0.25, -0.2) is 4.98 Å². The van der Waals surface area contributed by atoms with Crippen molar-refractivity contribution in [1.29, 1.82) is 0 Å². The highest BCUT2D eigenvalue weighted by Gasteiger charge is 2.25. The number of thiocarbonyl (C=S) groups is 1. The zero-order chi connectivity index (χ0) is 16.4. The van der Waals surface area contributed by atoms with E-state index in [2.05, 4.69) is 34.5 Å². The summed E-state index contributed by atoms with van der Waals surface area (Å²) < 4.78 is 6.94. The smallest absolute Gasteiger partial charge is 0.169 e. The van der Waals surface area contributed by atoms with Gasteiger partial charge in [0.25, 0.3) is 0 Å². The first-order valence-corrected chi connectivity index (χ1v) is 10.0. The Morgan fingerprint density at radius 2 is 2.12 bits per heavy atom. The number of nitrogens with zero attached hydrogens (tertiary/aromatic N) is 2. The van der Waals surface area contributed by atoms with Gasteiger partial charge in [0.05, 0.1) is 21.3 Å². The molecule has 1 aromatic heterocycles. The van der Waals surface area contributed by atoms with Crippen LogP contribution in [0.3, 0.4) is 0 Å². The molecule has 0 aliphatic carbocycles. The van der Waals surface area contributed by atoms with Crippen molar-refractivity contribution in [2.45, 2.75) is 37.7 Å². The molecule has 6 heteroatoms. The van der Waals surface area contributed by atoms with E-state index in [-0.39, 0.29) is 0 Å². The van der Waals surface area contributed by atoms with E-state index in [1.54, 1.807) is 0 Å². The molecule has 128 valence electrons. The zero-order valence-corrected chi connectivity index (χ0v) is 15.4. The molecule has 0 saturated carbocycles. The molecule has 0 spiro atoms. The molecule has 0 radical (unpaired) electrons. The lowest BCUT2D eigenvalue weighted by Gasteiger charge is -2.33. The molecule has 3 heterocycles. The quantitative estimate of drug-likeness (QED) is 0.847. The van der Waals surface area contributed by atoms with Crippen molar-refractivity contribution in [1.82, 2.24) is 15.2 Å². The van der Waals surface area contributed by atoms with E-state index in [4.69, 9.17) is 21.9 Å². The maximum atomic E-state index is 5.65. The molecule has 2 aromatic rings. The van der Waals surface area contributed by atoms with Crippen LogP contribution in [0, 0.1) is 0 Å². The Bertz CT molecular complexity index is 670. The topological polar surface area (TPSA) is 37.4 Å². The van der Waals surface area contributed by atoms with Gasteiger partial charge in [0, 0.05) is 32.2 Å². The van der Waals surface area contributed by atoms with E-state index < -0.39 is 0 Å². The van der Waals surface area contributed by atoms with Crippen LogP contribution in [-0.4, -0.2) is 47.3 Å². The summed E-state index contributed by atoms with van der Waals surface area (Å²) in [7, 11) is 0. The lowest BCUT2D eigenvalue weighted by molar-refractivity contribution is 0.113. The van der Waals surface area contributed by atoms with Crippen LogP contribution < -0.4 is 5.32 Å². The number of benzene rings is 1. The second-order valence-corrected chi connectivity index (χ2v) is 8.05. The average molecular weight is 362 g/mol. The van der Waals surface area contributed by atoms with E-state index >= 15 is 0 Å². The number of para-hydroxylation sites is 1. The lowest BCUT2D eigenvalue weighted by Crippen LogP contribution is -2.45. The molecule has 1 unspecified atom stereocenters. The third-order valence-electron chi connectivity index (χ3n) is 4.95. The number of hydrogen-bond donors (Lipinski definition) is 1. The monoisotopic (exact) mass is 361 g/mol. The van der Waals surface area contributed by atoms with E-state index in [0.717, 1.165) is 56.1 Å². The first kappa shape index (κ1) is 16.2. The number of nitrogens with one attached hydrogen (secondary N) is 1. The number of likely N-dealkylation sites (tertiary alicyclic amines) is 1. The predicted molar refractivity (Wildman–Crippen MR) is 103 cm³/mol. The van der Waals surface area contributed by atoms with Gasteiger partial charge in [-0.15, -0.1) is 11.3 Å². The van der Waals surface area contributed by atoms with Gasteiger partial charge in [0.2, 0.25) is 0 Å². The van der Waals surface area contributed by atoms with Crippen LogP contribution in [0.15, 0.2) is 24.3 Å². The van der Waals surface area contributed by atoms with Crippen LogP contribution in [0.5, 0.6) is 0 Å². The summed E-state index contributed by atoms with van der Waals surface area (Å²) in [6.45, 7) is 3.76. The van der Waals surface area contributed by atoms with Gasteiger partial charge in [-0.3, -0.25) is 0 Å². The van der Waals surface area contributed by atoms with Crippen LogP contribution in [0.2, 0.25) is 0 Å². The molecule has 1 atom stereocenters. The molecule has 0 amide bonds. The van der Waals surface area contributed by atoms with E-state index in [1.807, 2.05) is 11.3 Å². The Labute approximate surface area is 152 Å². The largest absolute Gasteiger partial charge is 0.376 e. The first-order valence-electron chi connectivity index (χ1n) is 8.79. The second kappa shape index (κ2) is 7.33. The fourth-order valence-corrected chi connectivity index (χ4v) is 4.91. The van der Waals surface area contributed by atoms with E-state index in [0.29, 0.717) is 12.0 Å². The fraction of sp³-hybridized carbons (Fsp3) is 0.556. The van der Waals surface area contributed by atoms with Crippen molar-refractivity contribution in [2.75, 3.05) is 26.2 Å². The molecule has 2 fully saturated rings. The highest BCUT2D eigenvalue weighted by atomic mass is 32.1. The lowest BCUT2D eigenvalue weighted by atomic mass is 9.98. The highest BCUT2D eigenvalue weighted by Crippen LogP contribution is 2.33. The van der Waals surface area contributed by atoms with Gasteiger partial charge in [-0.2, -0.15) is 0 Å². The Morgan fingerprint density at radius 3 is 2.88 bits per heavy atom. The summed E-state index contributed by atoms with van der Waals surface area (Å²) in [6.07, 6.45) is 4.91. The van der Waals surface area contributed by atoms with Gasteiger partial charge in [0.1, 0.15) is 0 Å². The summed E-state index contributed by atoms with van der Waals surface area (Å²) in [6, 6.07) is 8.42. The molecular weight excluding hydrogens is 338 g/mol. The normalized spacial score (nSPS) is 22.2. The van der Waals surface area contributed by atoms with Crippen molar-refractivity contribution >= 4 is 38.9 Å². The highest BCUT2D eigenvalue weighted by molar-refractivity contribution is 7.80. The van der Waals surface area contributed by atoms with Crippen molar-refractivity contribution < 1.29 is 4.74 Å². The predicted octanol–water partition coefficient (Wildman–Crippen LogP) is 3.53. The Kier molecular flexibility index (Phi) is 4.96. The van der Waals surface area contributed by atoms with Crippen LogP contribution in [0.25, 0.3) is 10.2 Å². The number of fused-ring (bicyclic) bond motifs is 1. The average Bonchev–Trinajstić information content (AvgIpc) is 3.29. The van der Waals surface area contributed by atoms with Crippen LogP contribution in [0.1, 0.15) is 36.6 Å². The molecule has 4 rings (SSSR count). The zero-order valence-electron chi connectivity index (χ0n) is 13.7. The van der Waals surface area contributed by atoms with E-state index in [9.17, 15) is 0 Å². The minimum Gasteiger partial charge on any atom is -0.376 e. The van der Waals surface area contributed by atoms with Crippen molar-refractivity contribution in [2.24, 2.45) is 0 Å². The summed E-state index contributed by atoms with van der Waals surface area (Å²) >= 11 is 7.41. The fourth-order valence-electron chi connectivity index (χ4n) is 3.51. The van der Waals surface area contributed by atoms with Gasteiger partial charge in [-0.05, 0) is 50.0 Å². The third kappa shape index (κ3) is 3.55. The Morgan fingerprint density at radius 1 is 1.29 bits per heavy atom. The first-order chi connectivity index (χ1) is 11.8. The molecular formula is C18H23N3OS2. The standard InChI is InChI=1S/C18H23N3OS2/c23-18(19-12-14-4-3-11-22-14)21-9-7-13(8-10-21)17-20-15-5-1-2-6-16(15)24-17/h1-2,5-6,13-14H,3-4,7-12H2,(H,19,23). The Hall–Kier alpha value is -1.24. The molecule has 4 nitrogen and oxygen atoms in total. The number of piperidine rings is 1. The summed E-state index contributed by atoms with van der Waals surface area (Å²) in [5.41, 5.74) is 1.13. The number of thiazole rings is 1. The molecule has 2 aliphatic heterocycles. The van der Waals surface area contributed by atoms with Crippen LogP contribution in [0.4, 0.5) is 0 Å². The molecule has 1 aromatic carbocycles. The maximum absolute atomic E-state index is 5.65. The molecule has 1 N–H and O–H groups in total. The summed E-state index contributed by atoms with van der Waals surface area (Å²) in [5, 5.41) is 5.56. The number of rotatable bonds is 3. The number of aromatic nitrogens is 1. The maximum Gasteiger partial charge on any atom is 0.169 e. The summed E-state index contributed by atoms with van der Waals surface area (Å²) in [4.78, 5) is 7.13. The van der Waals surface area contributed by atoms with E-state index in [1.165, 1.54) is 16.1 Å². The Balaban J connectivity index is 1.30. The molecule has 2 saturated heterocycles. The van der Waals surface area contributed by atoms with Crippen molar-refractivity contribution in [3.8, 4) is 0 Å². The molecule has 0 bridgehead atoms. The van der Waals surface area contributed by atoms with Gasteiger partial charge < -0.3 is 15.0 Å². The van der Waals surface area contributed by atoms with Crippen molar-refractivity contribution in [3.05, 3.63) is 29.3 Å². The minimum atomic E-state index is 0.336. The molecule has 2 aliphatic rings. The van der Waals surface area contributed by atoms with Gasteiger partial charge in [-0.1, -0.05) is 12.1 Å². The third-order valence-corrected chi connectivity index (χ3v) is 6.55. The second-order valence-electron chi connectivity index (χ2n) is 6.60. The SMILES string of the molecule is S=C(NCC1CCCO1)N1CCC(c2nc3ccccc3s2)CC1. The number of ether oxygens (including phenoxy) is 1. The van der Waals surface area contributed by atoms with Crippen molar-refractivity contribution in [3.63, 3.8) is 0 Å². The van der Waals surface area contributed by atoms with Crippen LogP contribution in [-0.2, 0) is 4.74 Å². The van der Waals surface area contributed by atoms with Gasteiger partial charge in [0.15, 0.2) is 5.11 Å². The van der Waals surface area contributed by atoms with Crippen LogP contribution >= 0.6 is 23.6 Å². The number of hydrogen-bond acceptors (Lipinski definition) is 4. The van der Waals surface area contributed by atoms with Gasteiger partial charge >= 0.3 is 0 Å². The summed E-state index contributed by atoms with van der Waals surface area (Å²) in [5.74, 6) is 0.569. The minimum absolute atomic E-state index is 0.336.